The molecule has 0 radical (unpaired) electrons. The Morgan fingerprint density at radius 2 is 1.33 bits per heavy atom. The Bertz CT molecular complexity index is 2260. The quantitative estimate of drug-likeness (QED) is 0.0913. The molecule has 8 rings (SSSR count). The van der Waals surface area contributed by atoms with Gasteiger partial charge < -0.3 is 41.4 Å². The molecule has 18 heteroatoms. The molecule has 0 spiro atoms. The molecule has 5 unspecified atom stereocenters. The summed E-state index contributed by atoms with van der Waals surface area (Å²) >= 11 is 0. The van der Waals surface area contributed by atoms with Gasteiger partial charge in [-0.15, -0.1) is 0 Å². The third-order valence-corrected chi connectivity index (χ3v) is 12.4. The number of hydrogen-bond donors (Lipinski definition) is 6. The number of anilines is 4. The number of pyridine rings is 2. The van der Waals surface area contributed by atoms with Gasteiger partial charge in [0.1, 0.15) is 23.3 Å². The summed E-state index contributed by atoms with van der Waals surface area (Å²) in [7, 11) is 0. The summed E-state index contributed by atoms with van der Waals surface area (Å²) in [5.41, 5.74) is 0.107. The average Bonchev–Trinajstić information content (AvgIpc) is 3.82. The largest absolute Gasteiger partial charge is 0.376 e. The summed E-state index contributed by atoms with van der Waals surface area (Å²) in [5, 5.41) is 19.0. The molecule has 63 heavy (non-hydrogen) atoms. The highest BCUT2D eigenvalue weighted by Gasteiger charge is 2.35. The SMILES string of the molecule is CC1(C)CC(CNc2cc(CC3(C)CC(CNc4ccnc(-c5cc(NC(=O)C6CCCNC6)ncc5F)n4)CCO3)nc(-c3cc(NC(=O)C4CCNC4)ncc3F)n2)CCO1. The lowest BCUT2D eigenvalue weighted by atomic mass is 9.84. The highest BCUT2D eigenvalue weighted by atomic mass is 19.1. The van der Waals surface area contributed by atoms with Crippen LogP contribution in [0.15, 0.2) is 42.9 Å². The van der Waals surface area contributed by atoms with E-state index < -0.39 is 17.2 Å². The molecule has 4 aliphatic rings. The molecule has 0 aromatic carbocycles. The van der Waals surface area contributed by atoms with Gasteiger partial charge in [-0.2, -0.15) is 0 Å². The molecule has 336 valence electrons. The Labute approximate surface area is 366 Å². The number of amides is 2. The summed E-state index contributed by atoms with van der Waals surface area (Å²) in [5.74, 6) is 0.575. The fraction of sp³-hybridized carbons (Fsp3) is 0.556. The lowest BCUT2D eigenvalue weighted by molar-refractivity contribution is -0.120. The summed E-state index contributed by atoms with van der Waals surface area (Å²) in [6.07, 6.45) is 9.87. The molecule has 5 atom stereocenters. The first kappa shape index (κ1) is 44.3. The van der Waals surface area contributed by atoms with Gasteiger partial charge in [0.25, 0.3) is 0 Å². The molecule has 4 fully saturated rings. The second kappa shape index (κ2) is 19.6. The normalized spacial score (nSPS) is 24.7. The fourth-order valence-electron chi connectivity index (χ4n) is 9.11. The molecular formula is C45H58F2N12O4. The van der Waals surface area contributed by atoms with E-state index in [1.165, 1.54) is 12.1 Å². The smallest absolute Gasteiger partial charge is 0.229 e. The molecule has 0 aliphatic carbocycles. The van der Waals surface area contributed by atoms with E-state index in [1.54, 1.807) is 12.3 Å². The van der Waals surface area contributed by atoms with Gasteiger partial charge in [-0.05, 0) is 109 Å². The third-order valence-electron chi connectivity index (χ3n) is 12.4. The monoisotopic (exact) mass is 868 g/mol. The first-order valence-corrected chi connectivity index (χ1v) is 22.2. The van der Waals surface area contributed by atoms with Gasteiger partial charge in [0.15, 0.2) is 23.3 Å². The predicted octanol–water partition coefficient (Wildman–Crippen LogP) is 5.61. The maximum absolute atomic E-state index is 15.6. The molecule has 0 saturated carbocycles. The van der Waals surface area contributed by atoms with Gasteiger partial charge in [-0.3, -0.25) is 9.59 Å². The minimum Gasteiger partial charge on any atom is -0.376 e. The molecule has 4 aliphatic heterocycles. The predicted molar refractivity (Wildman–Crippen MR) is 235 cm³/mol. The van der Waals surface area contributed by atoms with E-state index in [1.807, 2.05) is 6.07 Å². The first-order chi connectivity index (χ1) is 30.4. The number of rotatable bonds is 14. The van der Waals surface area contributed by atoms with Crippen molar-refractivity contribution in [3.63, 3.8) is 0 Å². The zero-order valence-electron chi connectivity index (χ0n) is 36.2. The van der Waals surface area contributed by atoms with Gasteiger partial charge >= 0.3 is 0 Å². The van der Waals surface area contributed by atoms with Crippen molar-refractivity contribution in [2.75, 3.05) is 73.7 Å². The van der Waals surface area contributed by atoms with Crippen LogP contribution in [0.25, 0.3) is 22.8 Å². The molecule has 2 amide bonds. The zero-order valence-corrected chi connectivity index (χ0v) is 36.2. The van der Waals surface area contributed by atoms with Crippen LogP contribution >= 0.6 is 0 Å². The molecule has 0 bridgehead atoms. The molecule has 16 nitrogen and oxygen atoms in total. The van der Waals surface area contributed by atoms with E-state index in [-0.39, 0.29) is 69.6 Å². The van der Waals surface area contributed by atoms with Crippen molar-refractivity contribution in [2.45, 2.75) is 83.3 Å². The van der Waals surface area contributed by atoms with Gasteiger partial charge in [0, 0.05) is 63.8 Å². The highest BCUT2D eigenvalue weighted by Crippen LogP contribution is 2.34. The number of carbonyl (C=O) groups is 2. The number of ether oxygens (including phenoxy) is 2. The minimum atomic E-state index is -0.616. The number of aromatic nitrogens is 6. The van der Waals surface area contributed by atoms with Crippen LogP contribution < -0.4 is 31.9 Å². The van der Waals surface area contributed by atoms with Gasteiger partial charge in [-0.1, -0.05) is 0 Å². The van der Waals surface area contributed by atoms with Crippen LogP contribution in [0.4, 0.5) is 32.1 Å². The highest BCUT2D eigenvalue weighted by molar-refractivity contribution is 5.93. The van der Waals surface area contributed by atoms with Crippen LogP contribution in [0.3, 0.4) is 0 Å². The Kier molecular flexibility index (Phi) is 13.8. The van der Waals surface area contributed by atoms with Crippen LogP contribution in [0.5, 0.6) is 0 Å². The third kappa shape index (κ3) is 11.6. The topological polar surface area (TPSA) is 202 Å². The summed E-state index contributed by atoms with van der Waals surface area (Å²) in [4.78, 5) is 52.7. The molecule has 4 aromatic heterocycles. The van der Waals surface area contributed by atoms with Crippen molar-refractivity contribution in [3.05, 3.63) is 60.2 Å². The maximum atomic E-state index is 15.6. The van der Waals surface area contributed by atoms with E-state index in [0.717, 1.165) is 64.0 Å². The average molecular weight is 869 g/mol. The van der Waals surface area contributed by atoms with Gasteiger partial charge in [0.2, 0.25) is 11.8 Å². The molecule has 4 saturated heterocycles. The number of hydrogen-bond acceptors (Lipinski definition) is 14. The van der Waals surface area contributed by atoms with E-state index in [0.29, 0.717) is 75.5 Å². The summed E-state index contributed by atoms with van der Waals surface area (Å²) in [6, 6.07) is 6.60. The first-order valence-electron chi connectivity index (χ1n) is 22.2. The van der Waals surface area contributed by atoms with Crippen molar-refractivity contribution in [3.8, 4) is 22.8 Å². The second-order valence-electron chi connectivity index (χ2n) is 18.2. The van der Waals surface area contributed by atoms with Gasteiger partial charge in [0.05, 0.1) is 46.6 Å². The lowest BCUT2D eigenvalue weighted by Crippen LogP contribution is -2.41. The van der Waals surface area contributed by atoms with Crippen molar-refractivity contribution in [2.24, 2.45) is 23.7 Å². The Morgan fingerprint density at radius 1 is 0.714 bits per heavy atom. The summed E-state index contributed by atoms with van der Waals surface area (Å²) in [6.45, 7) is 11.5. The number of piperidine rings is 1. The standard InChI is InChI=1S/C45H58F2N12O4/c1-44(2)18-27(8-13-62-44)21-52-37-15-31(55-41(57-37)33-17-39(54-26-35(33)47)59-43(61)30-6-11-49-24-30)20-45(3)19-28(9-14-63-45)22-51-36-7-12-50-40(56-36)32-16-38(53-25-34(32)46)58-42(60)29-5-4-10-48-23-29/h7,12,15-17,25-30,48-49H,4-6,8-11,13-14,18-24H2,1-3H3,(H,50,51,56)(H,52,55,57)(H,53,58,60)(H,54,59,61). The fourth-order valence-corrected chi connectivity index (χ4v) is 9.11. The molecule has 8 heterocycles. The van der Waals surface area contributed by atoms with Crippen molar-refractivity contribution < 1.29 is 27.8 Å². The second-order valence-corrected chi connectivity index (χ2v) is 18.2. The lowest BCUT2D eigenvalue weighted by Gasteiger charge is -2.38. The maximum Gasteiger partial charge on any atom is 0.229 e. The Hall–Kier alpha value is -5.30. The van der Waals surface area contributed by atoms with Crippen LogP contribution in [-0.2, 0) is 25.5 Å². The molecule has 4 aromatic rings. The zero-order chi connectivity index (χ0) is 44.0. The number of nitrogens with one attached hydrogen (secondary N) is 6. The van der Waals surface area contributed by atoms with Crippen molar-refractivity contribution in [1.29, 1.82) is 0 Å². The van der Waals surface area contributed by atoms with Crippen LogP contribution in [0, 0.1) is 35.3 Å². The van der Waals surface area contributed by atoms with E-state index in [2.05, 4.69) is 72.6 Å². The molecule has 6 N–H and O–H groups in total. The minimum absolute atomic E-state index is 0.132. The van der Waals surface area contributed by atoms with E-state index in [9.17, 15) is 9.59 Å². The van der Waals surface area contributed by atoms with E-state index >= 15 is 8.78 Å². The van der Waals surface area contributed by atoms with Crippen molar-refractivity contribution in [1.82, 2.24) is 40.5 Å². The van der Waals surface area contributed by atoms with Crippen LogP contribution in [0.2, 0.25) is 0 Å². The Morgan fingerprint density at radius 3 is 1.98 bits per heavy atom. The number of halogens is 2. The van der Waals surface area contributed by atoms with Crippen LogP contribution in [-0.4, -0.2) is 105 Å². The Balaban J connectivity index is 0.959. The van der Waals surface area contributed by atoms with Crippen LogP contribution in [0.1, 0.15) is 71.4 Å². The van der Waals surface area contributed by atoms with Gasteiger partial charge in [-0.25, -0.2) is 38.7 Å². The van der Waals surface area contributed by atoms with E-state index in [4.69, 9.17) is 19.4 Å². The molecular weight excluding hydrogens is 811 g/mol. The summed E-state index contributed by atoms with van der Waals surface area (Å²) < 4.78 is 43.1. The number of nitrogens with zero attached hydrogens (tertiary/aromatic N) is 6. The van der Waals surface area contributed by atoms with Crippen molar-refractivity contribution >= 4 is 35.1 Å². The number of carbonyl (C=O) groups excluding carboxylic acids is 2.